The van der Waals surface area contributed by atoms with Crippen LogP contribution < -0.4 is 25.3 Å². The number of hydrogen-bond donors (Lipinski definition) is 2. The molecule has 1 amide bonds. The molecule has 0 atom stereocenters. The number of nitrogens with two attached hydrogens (primary N) is 1. The molecule has 1 rings (SSSR count). The van der Waals surface area contributed by atoms with Gasteiger partial charge in [-0.25, -0.2) is 0 Å². The monoisotopic (exact) mass is 296 g/mol. The van der Waals surface area contributed by atoms with Gasteiger partial charge < -0.3 is 25.3 Å². The SMILES string of the molecule is COc1cc(CNC(C)C)cc(OC)c1OCCC(N)=O. The maximum Gasteiger partial charge on any atom is 0.220 e. The number of benzene rings is 1. The molecule has 0 fully saturated rings. The van der Waals surface area contributed by atoms with E-state index in [9.17, 15) is 4.79 Å². The van der Waals surface area contributed by atoms with Crippen molar-refractivity contribution in [1.29, 1.82) is 0 Å². The molecule has 0 spiro atoms. The second kappa shape index (κ2) is 8.36. The summed E-state index contributed by atoms with van der Waals surface area (Å²) >= 11 is 0. The lowest BCUT2D eigenvalue weighted by molar-refractivity contribution is -0.118. The van der Waals surface area contributed by atoms with Gasteiger partial charge in [0.2, 0.25) is 11.7 Å². The van der Waals surface area contributed by atoms with Gasteiger partial charge in [-0.2, -0.15) is 0 Å². The molecule has 3 N–H and O–H groups in total. The van der Waals surface area contributed by atoms with Crippen molar-refractivity contribution in [1.82, 2.24) is 5.32 Å². The summed E-state index contributed by atoms with van der Waals surface area (Å²) in [5.74, 6) is 1.21. The molecule has 0 aliphatic rings. The Bertz CT molecular complexity index is 450. The van der Waals surface area contributed by atoms with Crippen molar-refractivity contribution < 1.29 is 19.0 Å². The van der Waals surface area contributed by atoms with E-state index in [1.165, 1.54) is 0 Å². The van der Waals surface area contributed by atoms with E-state index >= 15 is 0 Å². The van der Waals surface area contributed by atoms with Gasteiger partial charge in [0.25, 0.3) is 0 Å². The molecular weight excluding hydrogens is 272 g/mol. The quantitative estimate of drug-likeness (QED) is 0.721. The number of nitrogens with one attached hydrogen (secondary N) is 1. The largest absolute Gasteiger partial charge is 0.493 e. The Balaban J connectivity index is 2.92. The molecule has 118 valence electrons. The van der Waals surface area contributed by atoms with Crippen LogP contribution in [0.25, 0.3) is 0 Å². The fraction of sp³-hybridized carbons (Fsp3) is 0.533. The first-order valence-electron chi connectivity index (χ1n) is 6.87. The van der Waals surface area contributed by atoms with Crippen molar-refractivity contribution >= 4 is 5.91 Å². The van der Waals surface area contributed by atoms with Crippen LogP contribution in [0.5, 0.6) is 17.2 Å². The zero-order valence-corrected chi connectivity index (χ0v) is 13.1. The third-order valence-corrected chi connectivity index (χ3v) is 2.83. The molecule has 0 saturated heterocycles. The first kappa shape index (κ1) is 17.1. The predicted molar refractivity (Wildman–Crippen MR) is 80.8 cm³/mol. The molecule has 6 nitrogen and oxygen atoms in total. The maximum absolute atomic E-state index is 10.8. The van der Waals surface area contributed by atoms with Gasteiger partial charge in [0.15, 0.2) is 11.5 Å². The van der Waals surface area contributed by atoms with E-state index in [1.807, 2.05) is 12.1 Å². The van der Waals surface area contributed by atoms with E-state index in [-0.39, 0.29) is 13.0 Å². The van der Waals surface area contributed by atoms with Crippen LogP contribution in [0.15, 0.2) is 12.1 Å². The Morgan fingerprint density at radius 3 is 2.24 bits per heavy atom. The van der Waals surface area contributed by atoms with Crippen LogP contribution in [0, 0.1) is 0 Å². The Labute approximate surface area is 125 Å². The third-order valence-electron chi connectivity index (χ3n) is 2.83. The first-order valence-corrected chi connectivity index (χ1v) is 6.87. The van der Waals surface area contributed by atoms with Crippen LogP contribution in [0.4, 0.5) is 0 Å². The van der Waals surface area contributed by atoms with E-state index in [2.05, 4.69) is 19.2 Å². The standard InChI is InChI=1S/C15H24N2O4/c1-10(2)17-9-11-7-12(19-3)15(13(8-11)20-4)21-6-5-14(16)18/h7-8,10,17H,5-6,9H2,1-4H3,(H2,16,18). The number of ether oxygens (including phenoxy) is 3. The fourth-order valence-corrected chi connectivity index (χ4v) is 1.75. The molecule has 1 aromatic rings. The zero-order chi connectivity index (χ0) is 15.8. The van der Waals surface area contributed by atoms with Gasteiger partial charge >= 0.3 is 0 Å². The fourth-order valence-electron chi connectivity index (χ4n) is 1.75. The number of hydrogen-bond acceptors (Lipinski definition) is 5. The van der Waals surface area contributed by atoms with Crippen molar-refractivity contribution in [2.75, 3.05) is 20.8 Å². The lowest BCUT2D eigenvalue weighted by atomic mass is 10.1. The number of carbonyl (C=O) groups excluding carboxylic acids is 1. The Morgan fingerprint density at radius 2 is 1.81 bits per heavy atom. The summed E-state index contributed by atoms with van der Waals surface area (Å²) in [5, 5.41) is 3.33. The van der Waals surface area contributed by atoms with Crippen molar-refractivity contribution in [3.63, 3.8) is 0 Å². The van der Waals surface area contributed by atoms with Gasteiger partial charge in [-0.15, -0.1) is 0 Å². The van der Waals surface area contributed by atoms with E-state index in [1.54, 1.807) is 14.2 Å². The smallest absolute Gasteiger partial charge is 0.220 e. The summed E-state index contributed by atoms with van der Waals surface area (Å²) in [6, 6.07) is 4.16. The van der Waals surface area contributed by atoms with Crippen LogP contribution in [0.2, 0.25) is 0 Å². The number of methoxy groups -OCH3 is 2. The highest BCUT2D eigenvalue weighted by Gasteiger charge is 2.14. The predicted octanol–water partition coefficient (Wildman–Crippen LogP) is 1.46. The minimum atomic E-state index is -0.411. The molecule has 0 bridgehead atoms. The van der Waals surface area contributed by atoms with Gasteiger partial charge in [-0.3, -0.25) is 4.79 Å². The van der Waals surface area contributed by atoms with Gasteiger partial charge in [0, 0.05) is 12.6 Å². The molecule has 0 unspecified atom stereocenters. The second-order valence-electron chi connectivity index (χ2n) is 4.93. The average molecular weight is 296 g/mol. The molecule has 0 radical (unpaired) electrons. The molecule has 0 aliphatic heterocycles. The Hall–Kier alpha value is -1.95. The number of amides is 1. The molecule has 6 heteroatoms. The summed E-state index contributed by atoms with van der Waals surface area (Å²) in [5.41, 5.74) is 6.13. The summed E-state index contributed by atoms with van der Waals surface area (Å²) in [6.45, 7) is 5.04. The normalized spacial score (nSPS) is 10.5. The van der Waals surface area contributed by atoms with E-state index in [4.69, 9.17) is 19.9 Å². The molecule has 21 heavy (non-hydrogen) atoms. The van der Waals surface area contributed by atoms with Gasteiger partial charge in [-0.05, 0) is 17.7 Å². The van der Waals surface area contributed by atoms with Crippen LogP contribution in [-0.2, 0) is 11.3 Å². The van der Waals surface area contributed by atoms with Crippen molar-refractivity contribution in [2.24, 2.45) is 5.73 Å². The molecule has 1 aromatic carbocycles. The minimum Gasteiger partial charge on any atom is -0.493 e. The van der Waals surface area contributed by atoms with Crippen LogP contribution in [0.1, 0.15) is 25.8 Å². The lowest BCUT2D eigenvalue weighted by Gasteiger charge is -2.16. The molecule has 0 aliphatic carbocycles. The summed E-state index contributed by atoms with van der Waals surface area (Å²) in [4.78, 5) is 10.8. The zero-order valence-electron chi connectivity index (χ0n) is 13.1. The second-order valence-corrected chi connectivity index (χ2v) is 4.93. The maximum atomic E-state index is 10.8. The highest BCUT2D eigenvalue weighted by atomic mass is 16.5. The van der Waals surface area contributed by atoms with Crippen molar-refractivity contribution in [3.05, 3.63) is 17.7 Å². The Morgan fingerprint density at radius 1 is 1.24 bits per heavy atom. The highest BCUT2D eigenvalue weighted by molar-refractivity contribution is 5.73. The highest BCUT2D eigenvalue weighted by Crippen LogP contribution is 2.38. The molecule has 0 saturated carbocycles. The third kappa shape index (κ3) is 5.51. The van der Waals surface area contributed by atoms with Crippen LogP contribution in [0.3, 0.4) is 0 Å². The number of primary amides is 1. The van der Waals surface area contributed by atoms with Crippen LogP contribution >= 0.6 is 0 Å². The molecule has 0 heterocycles. The number of carbonyl (C=O) groups is 1. The summed E-state index contributed by atoms with van der Waals surface area (Å²) in [7, 11) is 3.13. The first-order chi connectivity index (χ1) is 9.97. The summed E-state index contributed by atoms with van der Waals surface area (Å²) in [6.07, 6.45) is 0.142. The van der Waals surface area contributed by atoms with E-state index in [0.29, 0.717) is 29.8 Å². The molecular formula is C15H24N2O4. The lowest BCUT2D eigenvalue weighted by Crippen LogP contribution is -2.21. The van der Waals surface area contributed by atoms with Gasteiger partial charge in [0.05, 0.1) is 27.2 Å². The van der Waals surface area contributed by atoms with Crippen molar-refractivity contribution in [2.45, 2.75) is 32.9 Å². The van der Waals surface area contributed by atoms with Crippen LogP contribution in [-0.4, -0.2) is 32.8 Å². The minimum absolute atomic E-state index is 0.142. The van der Waals surface area contributed by atoms with E-state index in [0.717, 1.165) is 5.56 Å². The van der Waals surface area contributed by atoms with Gasteiger partial charge in [0.1, 0.15) is 0 Å². The van der Waals surface area contributed by atoms with E-state index < -0.39 is 5.91 Å². The average Bonchev–Trinajstić information content (AvgIpc) is 2.44. The number of rotatable bonds is 9. The van der Waals surface area contributed by atoms with Gasteiger partial charge in [-0.1, -0.05) is 13.8 Å². The summed E-state index contributed by atoms with van der Waals surface area (Å²) < 4.78 is 16.3. The Kier molecular flexibility index (Phi) is 6.81. The molecule has 0 aromatic heterocycles. The topological polar surface area (TPSA) is 82.8 Å². The van der Waals surface area contributed by atoms with Crippen molar-refractivity contribution in [3.8, 4) is 17.2 Å².